The molecule has 2 aromatic rings. The zero-order chi connectivity index (χ0) is 11.1. The number of hydrogen-bond donors (Lipinski definition) is 0. The molecule has 0 saturated heterocycles. The Hall–Kier alpha value is -1.23. The maximum atomic E-state index is 12.7. The molecule has 0 aliphatic carbocycles. The molecule has 2 aromatic heterocycles. The molecule has 0 radical (unpaired) electrons. The standard InChI is InChI=1S/C9H6ClF3N2/c10-5-6-8(9(11,12)13)15-4-2-1-3-7(15)14-6/h1-4H,5H2. The Balaban J connectivity index is 2.79. The second-order valence-electron chi connectivity index (χ2n) is 2.97. The predicted molar refractivity (Wildman–Crippen MR) is 49.8 cm³/mol. The van der Waals surface area contributed by atoms with Crippen LogP contribution in [0.25, 0.3) is 5.65 Å². The van der Waals surface area contributed by atoms with Crippen molar-refractivity contribution in [3.05, 3.63) is 35.8 Å². The Morgan fingerprint density at radius 2 is 2.07 bits per heavy atom. The fraction of sp³-hybridized carbons (Fsp3) is 0.222. The lowest BCUT2D eigenvalue weighted by Crippen LogP contribution is -2.11. The van der Waals surface area contributed by atoms with Crippen LogP contribution < -0.4 is 0 Å². The van der Waals surface area contributed by atoms with Gasteiger partial charge in [0, 0.05) is 6.20 Å². The van der Waals surface area contributed by atoms with E-state index in [1.165, 1.54) is 18.3 Å². The van der Waals surface area contributed by atoms with Crippen LogP contribution in [0.15, 0.2) is 24.4 Å². The van der Waals surface area contributed by atoms with Crippen LogP contribution in [0.2, 0.25) is 0 Å². The Bertz CT molecular complexity index is 490. The van der Waals surface area contributed by atoms with Gasteiger partial charge in [-0.1, -0.05) is 6.07 Å². The third kappa shape index (κ3) is 1.67. The van der Waals surface area contributed by atoms with Gasteiger partial charge in [0.25, 0.3) is 0 Å². The lowest BCUT2D eigenvalue weighted by atomic mass is 10.3. The van der Waals surface area contributed by atoms with Crippen LogP contribution in [0.1, 0.15) is 11.4 Å². The van der Waals surface area contributed by atoms with Crippen molar-refractivity contribution in [1.82, 2.24) is 9.38 Å². The molecule has 0 N–H and O–H groups in total. The van der Waals surface area contributed by atoms with Crippen molar-refractivity contribution in [2.45, 2.75) is 12.1 Å². The minimum atomic E-state index is -4.44. The summed E-state index contributed by atoms with van der Waals surface area (Å²) >= 11 is 5.43. The van der Waals surface area contributed by atoms with E-state index in [1.54, 1.807) is 6.07 Å². The number of imidazole rings is 1. The number of aromatic nitrogens is 2. The average molecular weight is 235 g/mol. The smallest absolute Gasteiger partial charge is 0.296 e. The van der Waals surface area contributed by atoms with Crippen LogP contribution in [0.3, 0.4) is 0 Å². The summed E-state index contributed by atoms with van der Waals surface area (Å²) in [6.07, 6.45) is -3.12. The molecule has 0 bridgehead atoms. The quantitative estimate of drug-likeness (QED) is 0.693. The number of nitrogens with zero attached hydrogens (tertiary/aromatic N) is 2. The van der Waals surface area contributed by atoms with Gasteiger partial charge in [-0.15, -0.1) is 11.6 Å². The van der Waals surface area contributed by atoms with Gasteiger partial charge in [0.15, 0.2) is 5.69 Å². The van der Waals surface area contributed by atoms with Gasteiger partial charge in [-0.25, -0.2) is 4.98 Å². The highest BCUT2D eigenvalue weighted by Crippen LogP contribution is 2.33. The average Bonchev–Trinajstić information content (AvgIpc) is 2.54. The molecule has 0 aliphatic heterocycles. The van der Waals surface area contributed by atoms with Gasteiger partial charge in [0.05, 0.1) is 11.6 Å². The number of rotatable bonds is 1. The summed E-state index contributed by atoms with van der Waals surface area (Å²) in [4.78, 5) is 3.81. The number of pyridine rings is 1. The SMILES string of the molecule is FC(F)(F)c1c(CCl)nc2ccccn12. The number of alkyl halides is 4. The molecule has 0 fully saturated rings. The molecule has 80 valence electrons. The summed E-state index contributed by atoms with van der Waals surface area (Å²) in [7, 11) is 0. The molecule has 0 saturated carbocycles. The fourth-order valence-electron chi connectivity index (χ4n) is 1.44. The highest BCUT2D eigenvalue weighted by atomic mass is 35.5. The number of fused-ring (bicyclic) bond motifs is 1. The Kier molecular flexibility index (Phi) is 2.34. The molecule has 2 heterocycles. The van der Waals surface area contributed by atoms with Gasteiger partial charge in [-0.3, -0.25) is 4.40 Å². The molecule has 0 atom stereocenters. The Morgan fingerprint density at radius 1 is 1.33 bits per heavy atom. The lowest BCUT2D eigenvalue weighted by Gasteiger charge is -2.07. The second-order valence-corrected chi connectivity index (χ2v) is 3.23. The third-order valence-corrected chi connectivity index (χ3v) is 2.25. The zero-order valence-corrected chi connectivity index (χ0v) is 8.18. The summed E-state index contributed by atoms with van der Waals surface area (Å²) in [6, 6.07) is 4.65. The first-order valence-corrected chi connectivity index (χ1v) is 4.66. The van der Waals surface area contributed by atoms with Crippen LogP contribution in [-0.2, 0) is 12.1 Å². The summed E-state index contributed by atoms with van der Waals surface area (Å²) < 4.78 is 39.0. The summed E-state index contributed by atoms with van der Waals surface area (Å²) in [6.45, 7) is 0. The van der Waals surface area contributed by atoms with Gasteiger partial charge < -0.3 is 0 Å². The summed E-state index contributed by atoms with van der Waals surface area (Å²) in [5.74, 6) is -0.253. The van der Waals surface area contributed by atoms with Crippen LogP contribution in [-0.4, -0.2) is 9.38 Å². The predicted octanol–water partition coefficient (Wildman–Crippen LogP) is 3.09. The largest absolute Gasteiger partial charge is 0.433 e. The molecular weight excluding hydrogens is 229 g/mol. The van der Waals surface area contributed by atoms with Crippen LogP contribution in [0, 0.1) is 0 Å². The van der Waals surface area contributed by atoms with E-state index < -0.39 is 11.9 Å². The number of hydrogen-bond acceptors (Lipinski definition) is 1. The van der Waals surface area contributed by atoms with Gasteiger partial charge in [-0.05, 0) is 12.1 Å². The van der Waals surface area contributed by atoms with Crippen molar-refractivity contribution in [2.24, 2.45) is 0 Å². The summed E-state index contributed by atoms with van der Waals surface area (Å²) in [5.41, 5.74) is -0.691. The first-order valence-electron chi connectivity index (χ1n) is 4.13. The first kappa shape index (κ1) is 10.3. The topological polar surface area (TPSA) is 17.3 Å². The highest BCUT2D eigenvalue weighted by molar-refractivity contribution is 6.17. The molecule has 0 spiro atoms. The second kappa shape index (κ2) is 3.41. The zero-order valence-electron chi connectivity index (χ0n) is 7.42. The molecule has 0 aliphatic rings. The van der Waals surface area contributed by atoms with Crippen LogP contribution >= 0.6 is 11.6 Å². The van der Waals surface area contributed by atoms with Crippen molar-refractivity contribution in [3.8, 4) is 0 Å². The van der Waals surface area contributed by atoms with Gasteiger partial charge in [0.1, 0.15) is 5.65 Å². The van der Waals surface area contributed by atoms with Gasteiger partial charge >= 0.3 is 6.18 Å². The van der Waals surface area contributed by atoms with Crippen LogP contribution in [0.4, 0.5) is 13.2 Å². The van der Waals surface area contributed by atoms with Crippen molar-refractivity contribution in [3.63, 3.8) is 0 Å². The molecule has 2 nitrogen and oxygen atoms in total. The highest BCUT2D eigenvalue weighted by Gasteiger charge is 2.37. The minimum absolute atomic E-state index is 0.143. The van der Waals surface area contributed by atoms with E-state index in [9.17, 15) is 13.2 Å². The molecule has 0 aromatic carbocycles. The molecule has 0 amide bonds. The molecule has 0 unspecified atom stereocenters. The first-order chi connectivity index (χ1) is 7.04. The van der Waals surface area contributed by atoms with E-state index in [4.69, 9.17) is 11.6 Å². The van der Waals surface area contributed by atoms with E-state index in [-0.39, 0.29) is 17.2 Å². The molecule has 2 rings (SSSR count). The van der Waals surface area contributed by atoms with E-state index in [2.05, 4.69) is 4.98 Å². The monoisotopic (exact) mass is 234 g/mol. The molecule has 6 heteroatoms. The van der Waals surface area contributed by atoms with E-state index >= 15 is 0 Å². The lowest BCUT2D eigenvalue weighted by molar-refractivity contribution is -0.142. The van der Waals surface area contributed by atoms with Crippen molar-refractivity contribution in [2.75, 3.05) is 0 Å². The van der Waals surface area contributed by atoms with Gasteiger partial charge in [-0.2, -0.15) is 13.2 Å². The molecular formula is C9H6ClF3N2. The summed E-state index contributed by atoms with van der Waals surface area (Å²) in [5, 5.41) is 0. The minimum Gasteiger partial charge on any atom is -0.296 e. The Morgan fingerprint density at radius 3 is 2.67 bits per heavy atom. The maximum absolute atomic E-state index is 12.7. The number of halogens is 4. The fourth-order valence-corrected chi connectivity index (χ4v) is 1.62. The maximum Gasteiger partial charge on any atom is 0.433 e. The van der Waals surface area contributed by atoms with E-state index in [1.807, 2.05) is 0 Å². The van der Waals surface area contributed by atoms with Crippen molar-refractivity contribution >= 4 is 17.2 Å². The van der Waals surface area contributed by atoms with E-state index in [0.717, 1.165) is 4.40 Å². The Labute approximate surface area is 88.3 Å². The van der Waals surface area contributed by atoms with E-state index in [0.29, 0.717) is 0 Å². The van der Waals surface area contributed by atoms with Crippen LogP contribution in [0.5, 0.6) is 0 Å². The third-order valence-electron chi connectivity index (χ3n) is 2.00. The van der Waals surface area contributed by atoms with Crippen molar-refractivity contribution < 1.29 is 13.2 Å². The molecule has 15 heavy (non-hydrogen) atoms. The normalized spacial score (nSPS) is 12.3. The van der Waals surface area contributed by atoms with Crippen molar-refractivity contribution in [1.29, 1.82) is 0 Å². The van der Waals surface area contributed by atoms with Gasteiger partial charge in [0.2, 0.25) is 0 Å².